The largest absolute Gasteiger partial charge is 0.639 e. The van der Waals surface area contributed by atoms with Gasteiger partial charge in [0.05, 0.1) is 0 Å². The first-order chi connectivity index (χ1) is 7.61. The van der Waals surface area contributed by atoms with E-state index in [0.29, 0.717) is 18.7 Å². The topological polar surface area (TPSA) is 30.9 Å². The molecule has 4 nitrogen and oxygen atoms in total. The molecule has 94 valence electrons. The van der Waals surface area contributed by atoms with Crippen molar-refractivity contribution in [1.29, 1.82) is 0 Å². The molecule has 0 spiro atoms. The monoisotopic (exact) mass is 229 g/mol. The van der Waals surface area contributed by atoms with Crippen LogP contribution in [0.2, 0.25) is 0 Å². The van der Waals surface area contributed by atoms with E-state index in [-0.39, 0.29) is 0 Å². The lowest BCUT2D eigenvalue weighted by Gasteiger charge is -2.30. The van der Waals surface area contributed by atoms with E-state index >= 15 is 0 Å². The van der Waals surface area contributed by atoms with Crippen molar-refractivity contribution in [2.45, 2.75) is 46.2 Å². The molecule has 0 aromatic carbocycles. The summed E-state index contributed by atoms with van der Waals surface area (Å²) in [4.78, 5) is 2.39. The quantitative estimate of drug-likeness (QED) is 0.646. The third-order valence-corrected chi connectivity index (χ3v) is 2.73. The zero-order valence-electron chi connectivity index (χ0n) is 10.9. The summed E-state index contributed by atoms with van der Waals surface area (Å²) in [5.41, 5.74) is 0. The Morgan fingerprint density at radius 1 is 1.12 bits per heavy atom. The lowest BCUT2D eigenvalue weighted by molar-refractivity contribution is 0.0413. The van der Waals surface area contributed by atoms with Crippen LogP contribution in [0.5, 0.6) is 0 Å². The molecule has 0 radical (unpaired) electrons. The second-order valence-electron chi connectivity index (χ2n) is 4.68. The fraction of sp³-hybridized carbons (Fsp3) is 1.00. The van der Waals surface area contributed by atoms with Crippen molar-refractivity contribution in [3.63, 3.8) is 0 Å². The minimum Gasteiger partial charge on any atom is -0.386 e. The van der Waals surface area contributed by atoms with Crippen LogP contribution in [0, 0.1) is 0 Å². The van der Waals surface area contributed by atoms with Crippen molar-refractivity contribution in [1.82, 2.24) is 4.90 Å². The fourth-order valence-corrected chi connectivity index (χ4v) is 1.93. The molecule has 0 unspecified atom stereocenters. The molecule has 0 amide bonds. The maximum absolute atomic E-state index is 5.53. The van der Waals surface area contributed by atoms with Crippen molar-refractivity contribution in [2.75, 3.05) is 26.4 Å². The second kappa shape index (κ2) is 7.27. The highest BCUT2D eigenvalue weighted by atomic mass is 16.7. The molecular weight excluding hydrogens is 205 g/mol. The molecule has 1 rings (SSSR count). The van der Waals surface area contributed by atoms with Crippen molar-refractivity contribution in [3.8, 4) is 0 Å². The van der Waals surface area contributed by atoms with Gasteiger partial charge >= 0.3 is 7.32 Å². The van der Waals surface area contributed by atoms with Crippen LogP contribution in [0.15, 0.2) is 0 Å². The maximum atomic E-state index is 5.53. The summed E-state index contributed by atoms with van der Waals surface area (Å²) in [6, 6.07) is 1.08. The highest BCUT2D eigenvalue weighted by molar-refractivity contribution is 6.36. The SMILES string of the molecule is CC(C)N(CCOB1OCCCO1)C(C)C. The highest BCUT2D eigenvalue weighted by Gasteiger charge is 2.25. The Morgan fingerprint density at radius 3 is 2.19 bits per heavy atom. The van der Waals surface area contributed by atoms with E-state index in [2.05, 4.69) is 32.6 Å². The predicted molar refractivity (Wildman–Crippen MR) is 65.2 cm³/mol. The minimum atomic E-state index is -0.449. The molecule has 0 aromatic heterocycles. The lowest BCUT2D eigenvalue weighted by Crippen LogP contribution is -2.41. The van der Waals surface area contributed by atoms with E-state index in [9.17, 15) is 0 Å². The summed E-state index contributed by atoms with van der Waals surface area (Å²) < 4.78 is 16.2. The molecule has 1 fully saturated rings. The van der Waals surface area contributed by atoms with Crippen LogP contribution in [0.1, 0.15) is 34.1 Å². The van der Waals surface area contributed by atoms with Crippen LogP contribution >= 0.6 is 0 Å². The summed E-state index contributed by atoms with van der Waals surface area (Å²) in [7, 11) is -0.449. The second-order valence-corrected chi connectivity index (χ2v) is 4.68. The van der Waals surface area contributed by atoms with Crippen molar-refractivity contribution < 1.29 is 14.0 Å². The number of rotatable bonds is 6. The Labute approximate surface area is 99.4 Å². The first kappa shape index (κ1) is 14.0. The van der Waals surface area contributed by atoms with Crippen LogP contribution in [-0.4, -0.2) is 50.7 Å². The summed E-state index contributed by atoms with van der Waals surface area (Å²) in [5, 5.41) is 0. The summed E-state index contributed by atoms with van der Waals surface area (Å²) in [6.07, 6.45) is 0.962. The van der Waals surface area contributed by atoms with E-state index in [1.807, 2.05) is 0 Å². The molecule has 0 N–H and O–H groups in total. The normalized spacial score (nSPS) is 17.8. The molecule has 1 heterocycles. The van der Waals surface area contributed by atoms with Gasteiger partial charge in [-0.15, -0.1) is 0 Å². The van der Waals surface area contributed by atoms with Crippen LogP contribution in [0.3, 0.4) is 0 Å². The van der Waals surface area contributed by atoms with E-state index in [1.54, 1.807) is 0 Å². The van der Waals surface area contributed by atoms with Gasteiger partial charge in [0.2, 0.25) is 0 Å². The zero-order valence-corrected chi connectivity index (χ0v) is 10.9. The first-order valence-electron chi connectivity index (χ1n) is 6.22. The summed E-state index contributed by atoms with van der Waals surface area (Å²) in [6.45, 7) is 11.9. The first-order valence-corrected chi connectivity index (χ1v) is 6.22. The molecule has 0 atom stereocenters. The van der Waals surface area contributed by atoms with Crippen molar-refractivity contribution in [3.05, 3.63) is 0 Å². The molecule has 1 saturated heterocycles. The van der Waals surface area contributed by atoms with E-state index in [0.717, 1.165) is 26.2 Å². The Hall–Kier alpha value is -0.0951. The molecule has 1 aliphatic rings. The molecule has 0 saturated carbocycles. The van der Waals surface area contributed by atoms with Gasteiger partial charge in [0.1, 0.15) is 0 Å². The number of hydrogen-bond donors (Lipinski definition) is 0. The van der Waals surface area contributed by atoms with Crippen LogP contribution < -0.4 is 0 Å². The molecule has 16 heavy (non-hydrogen) atoms. The summed E-state index contributed by atoms with van der Waals surface area (Å²) >= 11 is 0. The molecule has 0 bridgehead atoms. The predicted octanol–water partition coefficient (Wildman–Crippen LogP) is 1.54. The maximum Gasteiger partial charge on any atom is 0.639 e. The Morgan fingerprint density at radius 2 is 1.69 bits per heavy atom. The van der Waals surface area contributed by atoms with E-state index < -0.39 is 7.32 Å². The van der Waals surface area contributed by atoms with Crippen LogP contribution in [0.25, 0.3) is 0 Å². The molecular formula is C11H24BNO3. The molecule has 0 aromatic rings. The molecule has 5 heteroatoms. The average Bonchev–Trinajstić information content (AvgIpc) is 2.24. The Balaban J connectivity index is 2.16. The minimum absolute atomic E-state index is 0.449. The number of hydrogen-bond acceptors (Lipinski definition) is 4. The van der Waals surface area contributed by atoms with Gasteiger partial charge in [0.25, 0.3) is 0 Å². The Bertz CT molecular complexity index is 176. The van der Waals surface area contributed by atoms with Gasteiger partial charge < -0.3 is 14.0 Å². The fourth-order valence-electron chi connectivity index (χ4n) is 1.93. The zero-order chi connectivity index (χ0) is 12.0. The average molecular weight is 229 g/mol. The standard InChI is InChI=1S/C11H24BNO3/c1-10(2)13(11(3)4)6-9-16-12-14-7-5-8-15-12/h10-11H,5-9H2,1-4H3. The van der Waals surface area contributed by atoms with Gasteiger partial charge in [-0.05, 0) is 34.1 Å². The summed E-state index contributed by atoms with van der Waals surface area (Å²) in [5.74, 6) is 0. The van der Waals surface area contributed by atoms with Gasteiger partial charge in [-0.2, -0.15) is 0 Å². The third kappa shape index (κ3) is 4.83. The third-order valence-electron chi connectivity index (χ3n) is 2.73. The lowest BCUT2D eigenvalue weighted by atomic mass is 10.2. The number of nitrogens with zero attached hydrogens (tertiary/aromatic N) is 1. The Kier molecular flexibility index (Phi) is 6.35. The smallest absolute Gasteiger partial charge is 0.386 e. The van der Waals surface area contributed by atoms with Crippen LogP contribution in [-0.2, 0) is 14.0 Å². The van der Waals surface area contributed by atoms with Crippen LogP contribution in [0.4, 0.5) is 0 Å². The van der Waals surface area contributed by atoms with Gasteiger partial charge in [-0.3, -0.25) is 4.90 Å². The van der Waals surface area contributed by atoms with Gasteiger partial charge in [0, 0.05) is 38.4 Å². The van der Waals surface area contributed by atoms with Gasteiger partial charge in [-0.1, -0.05) is 0 Å². The molecule has 1 aliphatic heterocycles. The highest BCUT2D eigenvalue weighted by Crippen LogP contribution is 2.06. The van der Waals surface area contributed by atoms with Crippen molar-refractivity contribution >= 4 is 7.32 Å². The van der Waals surface area contributed by atoms with Crippen molar-refractivity contribution in [2.24, 2.45) is 0 Å². The van der Waals surface area contributed by atoms with E-state index in [1.165, 1.54) is 0 Å². The molecule has 0 aliphatic carbocycles. The van der Waals surface area contributed by atoms with E-state index in [4.69, 9.17) is 14.0 Å². The van der Waals surface area contributed by atoms with Gasteiger partial charge in [-0.25, -0.2) is 0 Å². The van der Waals surface area contributed by atoms with Gasteiger partial charge in [0.15, 0.2) is 0 Å².